The Balaban J connectivity index is 1.87. The highest BCUT2D eigenvalue weighted by molar-refractivity contribution is 6.04. The third-order valence-corrected chi connectivity index (χ3v) is 3.84. The highest BCUT2D eigenvalue weighted by Gasteiger charge is 2.21. The summed E-state index contributed by atoms with van der Waals surface area (Å²) in [5.74, 6) is -0.529. The molecule has 0 atom stereocenters. The van der Waals surface area contributed by atoms with Gasteiger partial charge in [0.25, 0.3) is 0 Å². The second kappa shape index (κ2) is 6.90. The first-order chi connectivity index (χ1) is 11.2. The Morgan fingerprint density at radius 1 is 1.17 bits per heavy atom. The average Bonchev–Trinajstić information content (AvgIpc) is 2.91. The van der Waals surface area contributed by atoms with Crippen LogP contribution in [0.4, 0.5) is 8.78 Å². The third-order valence-electron chi connectivity index (χ3n) is 3.84. The molecule has 0 N–H and O–H groups in total. The van der Waals surface area contributed by atoms with Gasteiger partial charge in [-0.15, -0.1) is 0 Å². The van der Waals surface area contributed by atoms with Crippen molar-refractivity contribution >= 4 is 5.71 Å². The second-order valence-electron chi connectivity index (χ2n) is 5.58. The highest BCUT2D eigenvalue weighted by atomic mass is 19.1. The van der Waals surface area contributed by atoms with Gasteiger partial charge < -0.3 is 4.74 Å². The standard InChI is InChI=1S/C19H18F2NO/c1-2-3-9-22-18-8-7-17-16(18)5-4-6-19(17)23-15-11-13(20)10-14(21)12-15/h4,6,10-12H,2-3,7-9H2,1H3. The second-order valence-corrected chi connectivity index (χ2v) is 5.58. The fourth-order valence-electron chi connectivity index (χ4n) is 2.73. The summed E-state index contributed by atoms with van der Waals surface area (Å²) >= 11 is 0. The molecule has 1 radical (unpaired) electrons. The van der Waals surface area contributed by atoms with E-state index in [9.17, 15) is 8.78 Å². The summed E-state index contributed by atoms with van der Waals surface area (Å²) in [5.41, 5.74) is 3.02. The molecule has 0 aliphatic heterocycles. The Morgan fingerprint density at radius 3 is 2.70 bits per heavy atom. The van der Waals surface area contributed by atoms with E-state index in [4.69, 9.17) is 4.74 Å². The lowest BCUT2D eigenvalue weighted by Crippen LogP contribution is -1.98. The van der Waals surface area contributed by atoms with Crippen molar-refractivity contribution in [2.24, 2.45) is 4.99 Å². The van der Waals surface area contributed by atoms with E-state index < -0.39 is 11.6 Å². The van der Waals surface area contributed by atoms with Crippen molar-refractivity contribution in [3.05, 3.63) is 59.2 Å². The molecule has 23 heavy (non-hydrogen) atoms. The van der Waals surface area contributed by atoms with Crippen LogP contribution < -0.4 is 4.74 Å². The van der Waals surface area contributed by atoms with E-state index in [1.165, 1.54) is 12.1 Å². The minimum Gasteiger partial charge on any atom is -0.457 e. The lowest BCUT2D eigenvalue weighted by Gasteiger charge is -2.10. The van der Waals surface area contributed by atoms with Gasteiger partial charge in [-0.25, -0.2) is 8.78 Å². The lowest BCUT2D eigenvalue weighted by atomic mass is 10.1. The molecule has 0 unspecified atom stereocenters. The Labute approximate surface area is 134 Å². The number of unbranched alkanes of at least 4 members (excludes halogenated alkanes) is 1. The average molecular weight is 314 g/mol. The molecule has 3 rings (SSSR count). The van der Waals surface area contributed by atoms with Gasteiger partial charge >= 0.3 is 0 Å². The molecule has 2 aromatic rings. The zero-order valence-corrected chi connectivity index (χ0v) is 13.0. The van der Waals surface area contributed by atoms with E-state index in [-0.39, 0.29) is 5.75 Å². The fourth-order valence-corrected chi connectivity index (χ4v) is 2.73. The number of aliphatic imine (C=N–C) groups is 1. The van der Waals surface area contributed by atoms with Crippen LogP contribution in [0.5, 0.6) is 11.5 Å². The van der Waals surface area contributed by atoms with E-state index >= 15 is 0 Å². The first-order valence-electron chi connectivity index (χ1n) is 7.88. The molecule has 1 aliphatic carbocycles. The number of benzene rings is 2. The summed E-state index contributed by atoms with van der Waals surface area (Å²) in [4.78, 5) is 4.64. The van der Waals surface area contributed by atoms with Gasteiger partial charge in [0.2, 0.25) is 0 Å². The molecular formula is C19H18F2NO. The zero-order valence-electron chi connectivity index (χ0n) is 13.0. The molecular weight excluding hydrogens is 296 g/mol. The van der Waals surface area contributed by atoms with Crippen LogP contribution >= 0.6 is 0 Å². The van der Waals surface area contributed by atoms with Crippen LogP contribution in [0.3, 0.4) is 0 Å². The van der Waals surface area contributed by atoms with E-state index in [0.29, 0.717) is 5.75 Å². The first-order valence-corrected chi connectivity index (χ1v) is 7.88. The Kier molecular flexibility index (Phi) is 4.70. The van der Waals surface area contributed by atoms with Crippen LogP contribution in [-0.4, -0.2) is 12.3 Å². The molecule has 0 saturated heterocycles. The minimum absolute atomic E-state index is 0.160. The monoisotopic (exact) mass is 314 g/mol. The van der Waals surface area contributed by atoms with Crippen molar-refractivity contribution in [2.75, 3.05) is 6.54 Å². The molecule has 0 saturated carbocycles. The van der Waals surface area contributed by atoms with Crippen LogP contribution in [0, 0.1) is 17.7 Å². The van der Waals surface area contributed by atoms with Gasteiger partial charge in [0.1, 0.15) is 23.1 Å². The Morgan fingerprint density at radius 2 is 1.96 bits per heavy atom. The maximum Gasteiger partial charge on any atom is 0.133 e. The molecule has 119 valence electrons. The smallest absolute Gasteiger partial charge is 0.133 e. The number of hydrogen-bond donors (Lipinski definition) is 0. The molecule has 0 fully saturated rings. The van der Waals surface area contributed by atoms with Crippen molar-refractivity contribution in [3.63, 3.8) is 0 Å². The van der Waals surface area contributed by atoms with Crippen LogP contribution in [0.25, 0.3) is 0 Å². The molecule has 0 amide bonds. The van der Waals surface area contributed by atoms with Gasteiger partial charge in [0, 0.05) is 41.6 Å². The summed E-state index contributed by atoms with van der Waals surface area (Å²) in [6.45, 7) is 2.96. The predicted molar refractivity (Wildman–Crippen MR) is 86.3 cm³/mol. The molecule has 0 spiro atoms. The normalized spacial score (nSPS) is 15.0. The van der Waals surface area contributed by atoms with E-state index in [0.717, 1.165) is 55.1 Å². The van der Waals surface area contributed by atoms with Gasteiger partial charge in [0.05, 0.1) is 0 Å². The maximum atomic E-state index is 13.3. The summed E-state index contributed by atoms with van der Waals surface area (Å²) in [6, 6.07) is 9.94. The fraction of sp³-hybridized carbons (Fsp3) is 0.316. The Hall–Kier alpha value is -2.23. The van der Waals surface area contributed by atoms with Gasteiger partial charge in [0.15, 0.2) is 0 Å². The van der Waals surface area contributed by atoms with Gasteiger partial charge in [-0.2, -0.15) is 0 Å². The Bertz CT molecular complexity index is 720. The van der Waals surface area contributed by atoms with Gasteiger partial charge in [-0.3, -0.25) is 4.99 Å². The van der Waals surface area contributed by atoms with Gasteiger partial charge in [-0.1, -0.05) is 13.3 Å². The molecule has 1 aliphatic rings. The number of halogens is 2. The van der Waals surface area contributed by atoms with Crippen LogP contribution in [0.2, 0.25) is 0 Å². The molecule has 2 aromatic carbocycles. The van der Waals surface area contributed by atoms with Crippen LogP contribution in [0.15, 0.2) is 35.3 Å². The molecule has 2 nitrogen and oxygen atoms in total. The lowest BCUT2D eigenvalue weighted by molar-refractivity contribution is 0.463. The summed E-state index contributed by atoms with van der Waals surface area (Å²) in [6.07, 6.45) is 3.84. The van der Waals surface area contributed by atoms with Crippen LogP contribution in [-0.2, 0) is 6.42 Å². The van der Waals surface area contributed by atoms with E-state index in [1.807, 2.05) is 0 Å². The number of fused-ring (bicyclic) bond motifs is 1. The van der Waals surface area contributed by atoms with Crippen LogP contribution in [0.1, 0.15) is 37.3 Å². The van der Waals surface area contributed by atoms with Crippen molar-refractivity contribution in [1.82, 2.24) is 0 Å². The molecule has 0 heterocycles. The molecule has 4 heteroatoms. The number of rotatable bonds is 5. The molecule has 0 aromatic heterocycles. The summed E-state index contributed by atoms with van der Waals surface area (Å²) < 4.78 is 32.3. The maximum absolute atomic E-state index is 13.3. The minimum atomic E-state index is -0.652. The van der Waals surface area contributed by atoms with E-state index in [2.05, 4.69) is 18.0 Å². The number of nitrogens with zero attached hydrogens (tertiary/aromatic N) is 1. The predicted octanol–water partition coefficient (Wildman–Crippen LogP) is 5.09. The summed E-state index contributed by atoms with van der Waals surface area (Å²) in [7, 11) is 0. The topological polar surface area (TPSA) is 21.6 Å². The SMILES string of the molecule is CCCCN=C1CCc2c1[c]ccc2Oc1cc(F)cc(F)c1. The molecule has 0 bridgehead atoms. The highest BCUT2D eigenvalue weighted by Crippen LogP contribution is 2.34. The van der Waals surface area contributed by atoms with Crippen molar-refractivity contribution in [2.45, 2.75) is 32.6 Å². The van der Waals surface area contributed by atoms with Crippen molar-refractivity contribution in [1.29, 1.82) is 0 Å². The van der Waals surface area contributed by atoms with Crippen molar-refractivity contribution < 1.29 is 13.5 Å². The van der Waals surface area contributed by atoms with Gasteiger partial charge in [-0.05, 0) is 37.5 Å². The summed E-state index contributed by atoms with van der Waals surface area (Å²) in [5, 5.41) is 0. The first kappa shape index (κ1) is 15.7. The number of hydrogen-bond acceptors (Lipinski definition) is 2. The van der Waals surface area contributed by atoms with Crippen molar-refractivity contribution in [3.8, 4) is 11.5 Å². The zero-order chi connectivity index (χ0) is 16.2. The van der Waals surface area contributed by atoms with E-state index in [1.54, 1.807) is 12.1 Å². The quantitative estimate of drug-likeness (QED) is 0.704. The third kappa shape index (κ3) is 3.58. The number of ether oxygens (including phenoxy) is 1. The largest absolute Gasteiger partial charge is 0.457 e.